The highest BCUT2D eigenvalue weighted by Gasteiger charge is 2.29. The molecule has 34 heavy (non-hydrogen) atoms. The molecule has 0 saturated heterocycles. The van der Waals surface area contributed by atoms with E-state index in [1.807, 2.05) is 31.3 Å². The molecule has 1 unspecified atom stereocenters. The number of hydrogen-bond donors (Lipinski definition) is 1. The Balaban J connectivity index is 1.63. The summed E-state index contributed by atoms with van der Waals surface area (Å²) in [5.74, 6) is -1.65. The summed E-state index contributed by atoms with van der Waals surface area (Å²) in [7, 11) is 3.27. The number of esters is 2. The maximum absolute atomic E-state index is 13.5. The van der Waals surface area contributed by atoms with Crippen LogP contribution in [-0.4, -0.2) is 54.5 Å². The molecule has 1 atom stereocenters. The molecule has 3 aromatic rings. The fourth-order valence-electron chi connectivity index (χ4n) is 4.16. The quantitative estimate of drug-likeness (QED) is 0.560. The van der Waals surface area contributed by atoms with Crippen LogP contribution in [0, 0.1) is 0 Å². The highest BCUT2D eigenvalue weighted by Crippen LogP contribution is 2.29. The minimum atomic E-state index is -1.04. The van der Waals surface area contributed by atoms with Gasteiger partial charge in [0.05, 0.1) is 29.4 Å². The Bertz CT molecular complexity index is 1260. The molecule has 1 amide bonds. The molecule has 2 heterocycles. The number of rotatable bonds is 6. The number of hydrogen-bond acceptors (Lipinski definition) is 7. The summed E-state index contributed by atoms with van der Waals surface area (Å²) in [6.45, 7) is 3.19. The number of para-hydroxylation sites is 2. The summed E-state index contributed by atoms with van der Waals surface area (Å²) in [6.07, 6.45) is -0.0377. The molecule has 1 aliphatic heterocycles. The first-order valence-electron chi connectivity index (χ1n) is 11.2. The molecular formula is C26H27N3O5. The van der Waals surface area contributed by atoms with E-state index in [1.54, 1.807) is 31.2 Å². The zero-order chi connectivity index (χ0) is 24.2. The van der Waals surface area contributed by atoms with Crippen molar-refractivity contribution in [2.45, 2.75) is 32.4 Å². The van der Waals surface area contributed by atoms with E-state index in [-0.39, 0.29) is 12.0 Å². The van der Waals surface area contributed by atoms with Gasteiger partial charge in [0.25, 0.3) is 5.91 Å². The Morgan fingerprint density at radius 1 is 1.09 bits per heavy atom. The van der Waals surface area contributed by atoms with Crippen LogP contribution >= 0.6 is 0 Å². The van der Waals surface area contributed by atoms with E-state index in [2.05, 4.69) is 10.2 Å². The fourth-order valence-corrected chi connectivity index (χ4v) is 4.16. The molecule has 176 valence electrons. The molecule has 0 saturated carbocycles. The molecule has 0 bridgehead atoms. The molecule has 0 aliphatic carbocycles. The summed E-state index contributed by atoms with van der Waals surface area (Å²) in [6, 6.07) is 14.0. The molecule has 1 aliphatic rings. The minimum absolute atomic E-state index is 0.219. The highest BCUT2D eigenvalue weighted by atomic mass is 16.5. The van der Waals surface area contributed by atoms with Crippen molar-refractivity contribution in [1.29, 1.82) is 0 Å². The number of anilines is 1. The first-order valence-corrected chi connectivity index (χ1v) is 11.2. The van der Waals surface area contributed by atoms with Crippen molar-refractivity contribution >= 4 is 34.4 Å². The average molecular weight is 462 g/mol. The van der Waals surface area contributed by atoms with Crippen LogP contribution < -0.4 is 5.32 Å². The van der Waals surface area contributed by atoms with Crippen LogP contribution in [0.4, 0.5) is 5.69 Å². The van der Waals surface area contributed by atoms with Crippen LogP contribution in [0.25, 0.3) is 10.9 Å². The van der Waals surface area contributed by atoms with E-state index < -0.39 is 23.9 Å². The second-order valence-corrected chi connectivity index (χ2v) is 8.25. The summed E-state index contributed by atoms with van der Waals surface area (Å²) in [5.41, 5.74) is 3.41. The van der Waals surface area contributed by atoms with E-state index in [0.717, 1.165) is 29.7 Å². The Morgan fingerprint density at radius 3 is 2.59 bits per heavy atom. The molecule has 1 aromatic heterocycles. The minimum Gasteiger partial charge on any atom is -0.465 e. The topological polar surface area (TPSA) is 97.8 Å². The van der Waals surface area contributed by atoms with Gasteiger partial charge in [0, 0.05) is 36.2 Å². The molecule has 8 heteroatoms. The third-order valence-corrected chi connectivity index (χ3v) is 5.94. The number of carbonyl (C=O) groups excluding carboxylic acids is 3. The lowest BCUT2D eigenvalue weighted by Gasteiger charge is -2.27. The lowest BCUT2D eigenvalue weighted by molar-refractivity contribution is -0.124. The highest BCUT2D eigenvalue weighted by molar-refractivity contribution is 6.07. The number of methoxy groups -OCH3 is 1. The van der Waals surface area contributed by atoms with Crippen LogP contribution in [0.2, 0.25) is 0 Å². The molecule has 2 aromatic carbocycles. The third kappa shape index (κ3) is 4.63. The molecule has 0 radical (unpaired) electrons. The number of nitrogens with zero attached hydrogens (tertiary/aromatic N) is 2. The summed E-state index contributed by atoms with van der Waals surface area (Å²) in [4.78, 5) is 45.4. The van der Waals surface area contributed by atoms with Gasteiger partial charge in [-0.05, 0) is 31.7 Å². The Hall–Kier alpha value is -3.78. The van der Waals surface area contributed by atoms with Gasteiger partial charge in [-0.2, -0.15) is 0 Å². The summed E-state index contributed by atoms with van der Waals surface area (Å²) < 4.78 is 10.5. The van der Waals surface area contributed by atoms with Crippen LogP contribution in [0.5, 0.6) is 0 Å². The van der Waals surface area contributed by atoms with Gasteiger partial charge in [-0.25, -0.2) is 9.59 Å². The molecule has 0 fully saturated rings. The Labute approximate surface area is 197 Å². The van der Waals surface area contributed by atoms with Crippen LogP contribution in [0.15, 0.2) is 48.5 Å². The zero-order valence-corrected chi connectivity index (χ0v) is 19.5. The van der Waals surface area contributed by atoms with Gasteiger partial charge in [-0.15, -0.1) is 0 Å². The third-order valence-electron chi connectivity index (χ3n) is 5.94. The smallest absolute Gasteiger partial charge is 0.340 e. The summed E-state index contributed by atoms with van der Waals surface area (Å²) >= 11 is 0. The molecular weight excluding hydrogens is 434 g/mol. The van der Waals surface area contributed by atoms with Crippen LogP contribution in [0.1, 0.15) is 45.3 Å². The number of fused-ring (bicyclic) bond motifs is 2. The molecule has 4 rings (SSSR count). The van der Waals surface area contributed by atoms with Crippen molar-refractivity contribution in [3.05, 3.63) is 70.9 Å². The largest absolute Gasteiger partial charge is 0.465 e. The van der Waals surface area contributed by atoms with Gasteiger partial charge < -0.3 is 19.7 Å². The van der Waals surface area contributed by atoms with Gasteiger partial charge in [0.2, 0.25) is 0 Å². The van der Waals surface area contributed by atoms with E-state index >= 15 is 0 Å². The van der Waals surface area contributed by atoms with Crippen molar-refractivity contribution in [3.8, 4) is 0 Å². The molecule has 1 N–H and O–H groups in total. The van der Waals surface area contributed by atoms with E-state index in [4.69, 9.17) is 14.5 Å². The number of pyridine rings is 1. The van der Waals surface area contributed by atoms with Crippen molar-refractivity contribution in [2.75, 3.05) is 26.0 Å². The first kappa shape index (κ1) is 23.4. The predicted octanol–water partition coefficient (Wildman–Crippen LogP) is 3.58. The second kappa shape index (κ2) is 10.0. The van der Waals surface area contributed by atoms with Crippen LogP contribution in [0.3, 0.4) is 0 Å². The summed E-state index contributed by atoms with van der Waals surface area (Å²) in [5, 5.41) is 3.40. The van der Waals surface area contributed by atoms with E-state index in [9.17, 15) is 14.4 Å². The number of ether oxygens (including phenoxy) is 2. The Kier molecular flexibility index (Phi) is 6.88. The maximum Gasteiger partial charge on any atom is 0.340 e. The lowest BCUT2D eigenvalue weighted by atomic mass is 9.96. The van der Waals surface area contributed by atoms with Crippen molar-refractivity contribution < 1.29 is 23.9 Å². The maximum atomic E-state index is 13.5. The van der Waals surface area contributed by atoms with Gasteiger partial charge in [0.15, 0.2) is 6.10 Å². The van der Waals surface area contributed by atoms with Crippen LogP contribution in [-0.2, 0) is 27.2 Å². The number of benzene rings is 2. The van der Waals surface area contributed by atoms with Gasteiger partial charge in [0.1, 0.15) is 0 Å². The van der Waals surface area contributed by atoms with Gasteiger partial charge in [-0.3, -0.25) is 9.78 Å². The number of carbonyl (C=O) groups is 3. The van der Waals surface area contributed by atoms with E-state index in [0.29, 0.717) is 23.2 Å². The number of nitrogens with one attached hydrogen (secondary N) is 1. The predicted molar refractivity (Wildman–Crippen MR) is 128 cm³/mol. The second-order valence-electron chi connectivity index (χ2n) is 8.25. The normalized spacial score (nSPS) is 14.2. The fraction of sp³-hybridized carbons (Fsp3) is 0.308. The van der Waals surface area contributed by atoms with Crippen molar-refractivity contribution in [2.24, 2.45) is 0 Å². The van der Waals surface area contributed by atoms with Gasteiger partial charge in [-0.1, -0.05) is 37.3 Å². The molecule has 8 nitrogen and oxygen atoms in total. The lowest BCUT2D eigenvalue weighted by Crippen LogP contribution is -2.34. The number of likely N-dealkylation sites (N-methyl/N-ethyl adjacent to an activating group) is 1. The Morgan fingerprint density at radius 2 is 1.82 bits per heavy atom. The average Bonchev–Trinajstić information content (AvgIpc) is 2.85. The SMILES string of the molecule is CCC(OC(=O)c1c2c(nc3ccccc13)CCN(C)C2)C(=O)Nc1ccccc1C(=O)OC. The molecule has 0 spiro atoms. The number of aromatic nitrogens is 1. The van der Waals surface area contributed by atoms with Crippen molar-refractivity contribution in [1.82, 2.24) is 9.88 Å². The van der Waals surface area contributed by atoms with E-state index in [1.165, 1.54) is 7.11 Å². The first-order chi connectivity index (χ1) is 16.4. The number of amides is 1. The zero-order valence-electron chi connectivity index (χ0n) is 19.5. The van der Waals surface area contributed by atoms with Crippen molar-refractivity contribution in [3.63, 3.8) is 0 Å². The standard InChI is InChI=1S/C26H27N3O5/c1-4-22(24(30)28-20-12-8-6-10-17(20)25(31)33-3)34-26(32)23-16-9-5-7-11-19(16)27-21-13-14-29(2)15-18(21)23/h5-12,22H,4,13-15H2,1-3H3,(H,28,30). The van der Waals surface area contributed by atoms with Gasteiger partial charge >= 0.3 is 11.9 Å². The monoisotopic (exact) mass is 461 g/mol.